The van der Waals surface area contributed by atoms with Crippen LogP contribution in [0.3, 0.4) is 0 Å². The molecule has 1 atom stereocenters. The molecule has 0 aromatic heterocycles. The molecule has 8 nitrogen and oxygen atoms in total. The SMILES string of the molecule is COC1=CC(=C2C=C(CN(c3ccc(C(F)(F)F)cc3)C3CCN(C4(OC(C)(C)C)CO4)CC3)C=CN2C)CC(OC)=C1OC. The maximum Gasteiger partial charge on any atom is 0.416 e. The molecular formula is C34H44F3N3O5. The third-order valence-corrected chi connectivity index (χ3v) is 8.47. The van der Waals surface area contributed by atoms with Crippen LogP contribution in [0.15, 0.2) is 82.8 Å². The quantitative estimate of drug-likeness (QED) is 0.285. The van der Waals surface area contributed by atoms with Crippen LogP contribution in [-0.2, 0) is 29.9 Å². The zero-order valence-electron chi connectivity index (χ0n) is 27.2. The van der Waals surface area contributed by atoms with Gasteiger partial charge in [-0.15, -0.1) is 0 Å². The van der Waals surface area contributed by atoms with Crippen molar-refractivity contribution in [2.75, 3.05) is 59.5 Å². The minimum atomic E-state index is -4.40. The molecule has 0 amide bonds. The molecule has 1 aliphatic carbocycles. The Hall–Kier alpha value is -3.41. The topological polar surface area (TPSA) is 59.2 Å². The lowest BCUT2D eigenvalue weighted by Gasteiger charge is -2.43. The van der Waals surface area contributed by atoms with E-state index in [-0.39, 0.29) is 11.6 Å². The second kappa shape index (κ2) is 12.8. The van der Waals surface area contributed by atoms with Crippen molar-refractivity contribution in [2.24, 2.45) is 0 Å². The Morgan fingerprint density at radius 1 is 0.978 bits per heavy atom. The molecule has 1 aromatic rings. The number of ether oxygens (including phenoxy) is 5. The predicted molar refractivity (Wildman–Crippen MR) is 166 cm³/mol. The summed E-state index contributed by atoms with van der Waals surface area (Å²) < 4.78 is 69.2. The highest BCUT2D eigenvalue weighted by Gasteiger charge is 2.55. The molecule has 1 unspecified atom stereocenters. The van der Waals surface area contributed by atoms with Crippen LogP contribution in [0.5, 0.6) is 0 Å². The average molecular weight is 632 g/mol. The first kappa shape index (κ1) is 33.0. The van der Waals surface area contributed by atoms with Gasteiger partial charge in [0.2, 0.25) is 0 Å². The summed E-state index contributed by atoms with van der Waals surface area (Å²) in [4.78, 5) is 6.51. The van der Waals surface area contributed by atoms with E-state index in [1.54, 1.807) is 33.5 Å². The summed E-state index contributed by atoms with van der Waals surface area (Å²) in [6.07, 6.45) is 5.89. The minimum absolute atomic E-state index is 0.107. The van der Waals surface area contributed by atoms with Crippen LogP contribution in [0.25, 0.3) is 0 Å². The molecule has 0 radical (unpaired) electrons. The fraction of sp³-hybridized carbons (Fsp3) is 0.529. The van der Waals surface area contributed by atoms with Gasteiger partial charge in [0.15, 0.2) is 11.5 Å². The second-order valence-electron chi connectivity index (χ2n) is 12.7. The molecule has 3 aliphatic heterocycles. The van der Waals surface area contributed by atoms with E-state index in [9.17, 15) is 13.2 Å². The van der Waals surface area contributed by atoms with E-state index in [2.05, 4.69) is 22.0 Å². The zero-order valence-corrected chi connectivity index (χ0v) is 27.2. The van der Waals surface area contributed by atoms with Crippen LogP contribution in [0.4, 0.5) is 18.9 Å². The van der Waals surface area contributed by atoms with Gasteiger partial charge in [-0.05, 0) is 87.3 Å². The Morgan fingerprint density at radius 3 is 2.18 bits per heavy atom. The first-order valence-corrected chi connectivity index (χ1v) is 15.2. The number of rotatable bonds is 9. The number of methoxy groups -OCH3 is 3. The van der Waals surface area contributed by atoms with E-state index in [1.807, 2.05) is 45.0 Å². The van der Waals surface area contributed by atoms with Crippen LogP contribution in [0.1, 0.15) is 45.6 Å². The Bertz CT molecular complexity index is 1390. The molecule has 4 aliphatic rings. The monoisotopic (exact) mass is 631 g/mol. The molecule has 2 saturated heterocycles. The maximum atomic E-state index is 13.4. The van der Waals surface area contributed by atoms with E-state index in [1.165, 1.54) is 12.1 Å². The number of likely N-dealkylation sites (N-methyl/N-ethyl adjacent to an activating group) is 1. The normalized spacial score (nSPS) is 24.8. The van der Waals surface area contributed by atoms with Crippen LogP contribution >= 0.6 is 0 Å². The summed E-state index contributed by atoms with van der Waals surface area (Å²) in [6.45, 7) is 8.62. The lowest BCUT2D eigenvalue weighted by molar-refractivity contribution is -0.209. The van der Waals surface area contributed by atoms with Crippen molar-refractivity contribution >= 4 is 5.69 Å². The summed E-state index contributed by atoms with van der Waals surface area (Å²) in [5.41, 5.74) is 2.75. The zero-order chi connectivity index (χ0) is 32.6. The number of piperidine rings is 1. The molecule has 0 bridgehead atoms. The number of alkyl halides is 3. The third-order valence-electron chi connectivity index (χ3n) is 8.47. The number of allylic oxidation sites excluding steroid dienone is 3. The number of nitrogens with zero attached hydrogens (tertiary/aromatic N) is 3. The van der Waals surface area contributed by atoms with Crippen LogP contribution < -0.4 is 4.90 Å². The van der Waals surface area contributed by atoms with Gasteiger partial charge in [0.05, 0.1) is 32.5 Å². The van der Waals surface area contributed by atoms with E-state index in [4.69, 9.17) is 23.7 Å². The average Bonchev–Trinajstić information content (AvgIpc) is 3.78. The van der Waals surface area contributed by atoms with Crippen LogP contribution in [-0.4, -0.2) is 82.0 Å². The molecule has 2 fully saturated rings. The Morgan fingerprint density at radius 2 is 1.64 bits per heavy atom. The van der Waals surface area contributed by atoms with Gasteiger partial charge in [0, 0.05) is 56.7 Å². The van der Waals surface area contributed by atoms with Crippen molar-refractivity contribution < 1.29 is 36.9 Å². The van der Waals surface area contributed by atoms with Gasteiger partial charge in [0.25, 0.3) is 5.91 Å². The Kier molecular flexibility index (Phi) is 9.35. The van der Waals surface area contributed by atoms with Crippen molar-refractivity contribution in [3.8, 4) is 0 Å². The Labute approximate surface area is 264 Å². The molecule has 0 saturated carbocycles. The third kappa shape index (κ3) is 7.37. The summed E-state index contributed by atoms with van der Waals surface area (Å²) in [6, 6.07) is 5.60. The van der Waals surface area contributed by atoms with Crippen molar-refractivity contribution in [1.82, 2.24) is 9.80 Å². The highest BCUT2D eigenvalue weighted by atomic mass is 19.4. The standard InChI is InChI=1S/C34H44F3N3O5/c1-32(2,3)45-33(22-44-33)39-16-13-27(14-17-39)40(26-10-8-25(9-11-26)34(35,36)37)21-23-12-15-38(4)28(18-23)24-19-29(41-5)31(43-7)30(20-24)42-6/h8-12,15,18-19,27H,13-14,16-17,20-22H2,1-7H3. The molecule has 246 valence electrons. The number of likely N-dealkylation sites (tertiary alicyclic amines) is 1. The van der Waals surface area contributed by atoms with Crippen LogP contribution in [0.2, 0.25) is 0 Å². The highest BCUT2D eigenvalue weighted by Crippen LogP contribution is 2.40. The van der Waals surface area contributed by atoms with Gasteiger partial charge in [0.1, 0.15) is 12.4 Å². The number of hydrogen-bond donors (Lipinski definition) is 0. The molecular weight excluding hydrogens is 587 g/mol. The maximum absolute atomic E-state index is 13.4. The van der Waals surface area contributed by atoms with E-state index in [0.717, 1.165) is 48.5 Å². The summed E-state index contributed by atoms with van der Waals surface area (Å²) in [7, 11) is 6.77. The molecule has 3 heterocycles. The lowest BCUT2D eigenvalue weighted by atomic mass is 9.97. The van der Waals surface area contributed by atoms with E-state index >= 15 is 0 Å². The van der Waals surface area contributed by atoms with Gasteiger partial charge < -0.3 is 33.5 Å². The molecule has 45 heavy (non-hydrogen) atoms. The number of hydrogen-bond acceptors (Lipinski definition) is 8. The van der Waals surface area contributed by atoms with Crippen molar-refractivity contribution in [3.05, 3.63) is 88.4 Å². The fourth-order valence-corrected chi connectivity index (χ4v) is 6.23. The first-order chi connectivity index (χ1) is 21.3. The number of benzene rings is 1. The summed E-state index contributed by atoms with van der Waals surface area (Å²) in [5, 5.41) is 0. The number of epoxide rings is 1. The van der Waals surface area contributed by atoms with Crippen molar-refractivity contribution in [1.29, 1.82) is 0 Å². The van der Waals surface area contributed by atoms with E-state index < -0.39 is 17.7 Å². The minimum Gasteiger partial charge on any atom is -0.497 e. The van der Waals surface area contributed by atoms with Gasteiger partial charge >= 0.3 is 6.18 Å². The Balaban J connectivity index is 1.42. The van der Waals surface area contributed by atoms with Gasteiger partial charge in [-0.1, -0.05) is 0 Å². The first-order valence-electron chi connectivity index (χ1n) is 15.2. The van der Waals surface area contributed by atoms with Crippen LogP contribution in [0, 0.1) is 0 Å². The lowest BCUT2D eigenvalue weighted by Crippen LogP contribution is -2.52. The van der Waals surface area contributed by atoms with Crippen molar-refractivity contribution in [3.63, 3.8) is 0 Å². The number of anilines is 1. The molecule has 0 N–H and O–H groups in total. The summed E-state index contributed by atoms with van der Waals surface area (Å²) >= 11 is 0. The fourth-order valence-electron chi connectivity index (χ4n) is 6.23. The summed E-state index contributed by atoms with van der Waals surface area (Å²) in [5.74, 6) is 1.12. The molecule has 0 spiro atoms. The molecule has 1 aromatic carbocycles. The van der Waals surface area contributed by atoms with Gasteiger partial charge in [-0.2, -0.15) is 13.2 Å². The largest absolute Gasteiger partial charge is 0.497 e. The van der Waals surface area contributed by atoms with Gasteiger partial charge in [-0.3, -0.25) is 4.90 Å². The number of halogens is 3. The smallest absolute Gasteiger partial charge is 0.416 e. The predicted octanol–water partition coefficient (Wildman–Crippen LogP) is 6.55. The highest BCUT2D eigenvalue weighted by molar-refractivity contribution is 5.54. The van der Waals surface area contributed by atoms with Crippen molar-refractivity contribution in [2.45, 2.75) is 63.8 Å². The molecule has 5 rings (SSSR count). The van der Waals surface area contributed by atoms with E-state index in [0.29, 0.717) is 36.8 Å². The molecule has 11 heteroatoms. The van der Waals surface area contributed by atoms with Gasteiger partial charge in [-0.25, -0.2) is 0 Å². The second-order valence-corrected chi connectivity index (χ2v) is 12.7.